The van der Waals surface area contributed by atoms with Gasteiger partial charge in [0, 0.05) is 0 Å². The van der Waals surface area contributed by atoms with Crippen molar-refractivity contribution in [2.75, 3.05) is 0 Å². The van der Waals surface area contributed by atoms with E-state index in [1.165, 1.54) is 0 Å². The highest BCUT2D eigenvalue weighted by atomic mass is 79.9. The third-order valence-electron chi connectivity index (χ3n) is 2.95. The Hall–Kier alpha value is -1.62. The molecule has 0 unspecified atom stereocenters. The van der Waals surface area contributed by atoms with E-state index in [2.05, 4.69) is 21.0 Å². The first-order valence-electron chi connectivity index (χ1n) is 6.01. The van der Waals surface area contributed by atoms with Gasteiger partial charge >= 0.3 is 5.97 Å². The first kappa shape index (κ1) is 13.8. The molecule has 1 aromatic carbocycles. The molecular formula is C14H15BrN2O2. The minimum Gasteiger partial charge on any atom is -0.476 e. The van der Waals surface area contributed by atoms with Gasteiger partial charge in [-0.15, -0.1) is 0 Å². The summed E-state index contributed by atoms with van der Waals surface area (Å²) in [6, 6.07) is 7.79. The van der Waals surface area contributed by atoms with Crippen LogP contribution in [0.2, 0.25) is 0 Å². The molecule has 0 radical (unpaired) electrons. The number of aromatic nitrogens is 2. The summed E-state index contributed by atoms with van der Waals surface area (Å²) in [7, 11) is 0. The van der Waals surface area contributed by atoms with Crippen molar-refractivity contribution in [2.45, 2.75) is 26.7 Å². The highest BCUT2D eigenvalue weighted by molar-refractivity contribution is 9.10. The Labute approximate surface area is 120 Å². The second kappa shape index (κ2) is 5.17. The molecule has 19 heavy (non-hydrogen) atoms. The van der Waals surface area contributed by atoms with Crippen LogP contribution < -0.4 is 0 Å². The fourth-order valence-electron chi connectivity index (χ4n) is 2.03. The number of rotatable bonds is 3. The lowest BCUT2D eigenvalue weighted by atomic mass is 10.1. The number of carboxylic acid groups (broad SMARTS) is 1. The van der Waals surface area contributed by atoms with Gasteiger partial charge in [-0.25, -0.2) is 9.48 Å². The number of nitrogens with zero attached hydrogens (tertiary/aromatic N) is 2. The van der Waals surface area contributed by atoms with Crippen molar-refractivity contribution < 1.29 is 9.90 Å². The van der Waals surface area contributed by atoms with E-state index in [4.69, 9.17) is 0 Å². The van der Waals surface area contributed by atoms with Crippen molar-refractivity contribution in [3.05, 3.63) is 45.7 Å². The average Bonchev–Trinajstić information content (AvgIpc) is 2.67. The van der Waals surface area contributed by atoms with E-state index in [9.17, 15) is 9.90 Å². The highest BCUT2D eigenvalue weighted by Crippen LogP contribution is 2.31. The standard InChI is InChI=1S/C14H15BrN2O2/c1-8(2)13-11(15)12(14(18)19)16-17(13)10-7-5-4-6-9(10)3/h4-8H,1-3H3,(H,18,19). The second-order valence-electron chi connectivity index (χ2n) is 4.71. The molecule has 2 rings (SSSR count). The van der Waals surface area contributed by atoms with Gasteiger partial charge in [0.15, 0.2) is 5.69 Å². The smallest absolute Gasteiger partial charge is 0.357 e. The Morgan fingerprint density at radius 2 is 2.00 bits per heavy atom. The molecule has 100 valence electrons. The van der Waals surface area contributed by atoms with Crippen LogP contribution in [0.3, 0.4) is 0 Å². The predicted octanol–water partition coefficient (Wildman–Crippen LogP) is 3.76. The quantitative estimate of drug-likeness (QED) is 0.935. The highest BCUT2D eigenvalue weighted by Gasteiger charge is 2.23. The lowest BCUT2D eigenvalue weighted by Crippen LogP contribution is -2.06. The Kier molecular flexibility index (Phi) is 3.75. The molecular weight excluding hydrogens is 308 g/mol. The zero-order valence-electron chi connectivity index (χ0n) is 11.0. The summed E-state index contributed by atoms with van der Waals surface area (Å²) < 4.78 is 2.27. The lowest BCUT2D eigenvalue weighted by Gasteiger charge is -2.12. The van der Waals surface area contributed by atoms with Gasteiger partial charge < -0.3 is 5.11 Å². The van der Waals surface area contributed by atoms with E-state index in [0.29, 0.717) is 4.47 Å². The summed E-state index contributed by atoms with van der Waals surface area (Å²) in [5.74, 6) is -0.865. The summed E-state index contributed by atoms with van der Waals surface area (Å²) >= 11 is 3.36. The third-order valence-corrected chi connectivity index (χ3v) is 3.74. The molecule has 0 aliphatic rings. The molecule has 2 aromatic rings. The molecule has 0 aliphatic carbocycles. The normalized spacial score (nSPS) is 11.0. The molecule has 5 heteroatoms. The number of carboxylic acids is 1. The third kappa shape index (κ3) is 2.42. The number of halogens is 1. The zero-order chi connectivity index (χ0) is 14.2. The van der Waals surface area contributed by atoms with Crippen molar-refractivity contribution >= 4 is 21.9 Å². The van der Waals surface area contributed by atoms with Gasteiger partial charge in [-0.2, -0.15) is 5.10 Å². The lowest BCUT2D eigenvalue weighted by molar-refractivity contribution is 0.0689. The number of para-hydroxylation sites is 1. The Morgan fingerprint density at radius 1 is 1.37 bits per heavy atom. The van der Waals surface area contributed by atoms with Gasteiger partial charge in [0.25, 0.3) is 0 Å². The molecule has 0 amide bonds. The van der Waals surface area contributed by atoms with Crippen LogP contribution in [-0.2, 0) is 0 Å². The number of benzene rings is 1. The molecule has 1 aromatic heterocycles. The number of aromatic carboxylic acids is 1. The maximum absolute atomic E-state index is 11.2. The minimum absolute atomic E-state index is 0.0481. The Balaban J connectivity index is 2.73. The van der Waals surface area contributed by atoms with Gasteiger partial charge in [-0.3, -0.25) is 0 Å². The summed E-state index contributed by atoms with van der Waals surface area (Å²) in [6.07, 6.45) is 0. The van der Waals surface area contributed by atoms with Crippen LogP contribution in [0.1, 0.15) is 41.5 Å². The van der Waals surface area contributed by atoms with Gasteiger partial charge in [0.05, 0.1) is 15.9 Å². The number of hydrogen-bond acceptors (Lipinski definition) is 2. The monoisotopic (exact) mass is 322 g/mol. The number of carbonyl (C=O) groups is 1. The van der Waals surface area contributed by atoms with E-state index in [1.807, 2.05) is 45.0 Å². The Bertz CT molecular complexity index is 632. The molecule has 0 saturated carbocycles. The molecule has 0 bridgehead atoms. The largest absolute Gasteiger partial charge is 0.476 e. The topological polar surface area (TPSA) is 55.1 Å². The van der Waals surface area contributed by atoms with Crippen LogP contribution in [0.4, 0.5) is 0 Å². The summed E-state index contributed by atoms with van der Waals surface area (Å²) in [4.78, 5) is 11.2. The number of hydrogen-bond donors (Lipinski definition) is 1. The molecule has 4 nitrogen and oxygen atoms in total. The number of aryl methyl sites for hydroxylation is 1. The molecule has 1 heterocycles. The van der Waals surface area contributed by atoms with Crippen LogP contribution in [0, 0.1) is 6.92 Å². The van der Waals surface area contributed by atoms with E-state index >= 15 is 0 Å². The molecule has 0 spiro atoms. The van der Waals surface area contributed by atoms with Crippen molar-refractivity contribution in [3.63, 3.8) is 0 Å². The summed E-state index contributed by atoms with van der Waals surface area (Å²) in [5, 5.41) is 13.4. The predicted molar refractivity (Wildman–Crippen MR) is 77.0 cm³/mol. The maximum Gasteiger partial charge on any atom is 0.357 e. The van der Waals surface area contributed by atoms with E-state index < -0.39 is 5.97 Å². The molecule has 0 saturated heterocycles. The first-order chi connectivity index (χ1) is 8.93. The van der Waals surface area contributed by atoms with Gasteiger partial charge in [0.1, 0.15) is 0 Å². The maximum atomic E-state index is 11.2. The van der Waals surface area contributed by atoms with E-state index in [0.717, 1.165) is 16.9 Å². The van der Waals surface area contributed by atoms with Gasteiger partial charge in [-0.05, 0) is 40.4 Å². The fourth-order valence-corrected chi connectivity index (χ4v) is 2.91. The van der Waals surface area contributed by atoms with Crippen molar-refractivity contribution in [1.29, 1.82) is 0 Å². The SMILES string of the molecule is Cc1ccccc1-n1nc(C(=O)O)c(Br)c1C(C)C. The molecule has 0 fully saturated rings. The van der Waals surface area contributed by atoms with E-state index in [1.54, 1.807) is 4.68 Å². The van der Waals surface area contributed by atoms with Crippen LogP contribution >= 0.6 is 15.9 Å². The van der Waals surface area contributed by atoms with Crippen molar-refractivity contribution in [1.82, 2.24) is 9.78 Å². The van der Waals surface area contributed by atoms with Crippen LogP contribution in [0.5, 0.6) is 0 Å². The summed E-state index contributed by atoms with van der Waals surface area (Å²) in [5.41, 5.74) is 2.87. The molecule has 0 atom stereocenters. The van der Waals surface area contributed by atoms with Crippen LogP contribution in [0.15, 0.2) is 28.7 Å². The first-order valence-corrected chi connectivity index (χ1v) is 6.80. The molecule has 0 aliphatic heterocycles. The second-order valence-corrected chi connectivity index (χ2v) is 5.50. The molecule has 1 N–H and O–H groups in total. The van der Waals surface area contributed by atoms with Gasteiger partial charge in [-0.1, -0.05) is 32.0 Å². The minimum atomic E-state index is -1.03. The van der Waals surface area contributed by atoms with Crippen LogP contribution in [0.25, 0.3) is 5.69 Å². The van der Waals surface area contributed by atoms with Gasteiger partial charge in [0.2, 0.25) is 0 Å². The fraction of sp³-hybridized carbons (Fsp3) is 0.286. The summed E-state index contributed by atoms with van der Waals surface area (Å²) in [6.45, 7) is 6.01. The zero-order valence-corrected chi connectivity index (χ0v) is 12.6. The van der Waals surface area contributed by atoms with Crippen molar-refractivity contribution in [3.8, 4) is 5.69 Å². The van der Waals surface area contributed by atoms with E-state index in [-0.39, 0.29) is 11.6 Å². The Morgan fingerprint density at radius 3 is 2.53 bits per heavy atom. The average molecular weight is 323 g/mol. The van der Waals surface area contributed by atoms with Crippen LogP contribution in [-0.4, -0.2) is 20.9 Å². The van der Waals surface area contributed by atoms with Crippen molar-refractivity contribution in [2.24, 2.45) is 0 Å².